The zero-order valence-electron chi connectivity index (χ0n) is 14.4. The largest absolute Gasteiger partial charge is 0.0588 e. The van der Waals surface area contributed by atoms with Gasteiger partial charge in [0.15, 0.2) is 0 Å². The maximum Gasteiger partial charge on any atom is -0.0250 e. The van der Waals surface area contributed by atoms with Crippen molar-refractivity contribution < 1.29 is 0 Å². The fourth-order valence-corrected chi connectivity index (χ4v) is 4.64. The molecule has 0 amide bonds. The molecule has 0 radical (unpaired) electrons. The summed E-state index contributed by atoms with van der Waals surface area (Å²) in [5.74, 6) is 2.00. The van der Waals surface area contributed by atoms with E-state index in [1.807, 2.05) is 0 Å². The summed E-state index contributed by atoms with van der Waals surface area (Å²) in [7, 11) is 0. The van der Waals surface area contributed by atoms with Crippen LogP contribution in [0.3, 0.4) is 0 Å². The van der Waals surface area contributed by atoms with Gasteiger partial charge < -0.3 is 0 Å². The smallest absolute Gasteiger partial charge is 0.0250 e. The minimum atomic E-state index is 0.964. The Morgan fingerprint density at radius 3 is 1.82 bits per heavy atom. The van der Waals surface area contributed by atoms with E-state index in [9.17, 15) is 0 Å². The van der Waals surface area contributed by atoms with Gasteiger partial charge in [-0.05, 0) is 42.2 Å². The number of rotatable bonds is 6. The van der Waals surface area contributed by atoms with Gasteiger partial charge in [-0.25, -0.2) is 0 Å². The average molecular weight is 299 g/mol. The van der Waals surface area contributed by atoms with Crippen LogP contribution >= 0.6 is 0 Å². The highest BCUT2D eigenvalue weighted by Gasteiger charge is 2.14. The molecule has 3 rings (SSSR count). The van der Waals surface area contributed by atoms with Crippen LogP contribution in [0.1, 0.15) is 88.2 Å². The molecule has 0 atom stereocenters. The first-order valence-electron chi connectivity index (χ1n) is 9.98. The molecule has 2 aliphatic rings. The third-order valence-electron chi connectivity index (χ3n) is 6.07. The van der Waals surface area contributed by atoms with E-state index in [-0.39, 0.29) is 0 Å². The quantitative estimate of drug-likeness (QED) is 0.547. The van der Waals surface area contributed by atoms with Gasteiger partial charge >= 0.3 is 0 Å². The molecule has 0 aromatic heterocycles. The minimum absolute atomic E-state index is 0.964. The van der Waals surface area contributed by atoms with Crippen LogP contribution < -0.4 is 0 Å². The zero-order chi connectivity index (χ0) is 15.0. The third kappa shape index (κ3) is 5.14. The second-order valence-electron chi connectivity index (χ2n) is 7.92. The molecule has 0 nitrogen and oxygen atoms in total. The maximum absolute atomic E-state index is 2.41. The zero-order valence-corrected chi connectivity index (χ0v) is 14.4. The lowest BCUT2D eigenvalue weighted by atomic mass is 9.84. The molecule has 1 aromatic carbocycles. The molecule has 0 aliphatic heterocycles. The summed E-state index contributed by atoms with van der Waals surface area (Å²) in [4.78, 5) is 0. The molecule has 2 fully saturated rings. The van der Waals surface area contributed by atoms with Crippen LogP contribution in [0.4, 0.5) is 0 Å². The van der Waals surface area contributed by atoms with E-state index in [1.165, 1.54) is 89.9 Å². The minimum Gasteiger partial charge on any atom is -0.0588 e. The Morgan fingerprint density at radius 2 is 1.18 bits per heavy atom. The molecule has 0 unspecified atom stereocenters. The highest BCUT2D eigenvalue weighted by atomic mass is 14.2. The first-order chi connectivity index (χ1) is 10.9. The summed E-state index contributed by atoms with van der Waals surface area (Å²) in [6.45, 7) is 0. The fraction of sp³-hybridized carbons (Fsp3) is 0.727. The van der Waals surface area contributed by atoms with Gasteiger partial charge in [0.2, 0.25) is 0 Å². The van der Waals surface area contributed by atoms with Crippen molar-refractivity contribution in [2.75, 3.05) is 0 Å². The lowest BCUT2D eigenvalue weighted by Crippen LogP contribution is -2.09. The van der Waals surface area contributed by atoms with E-state index in [1.54, 1.807) is 11.1 Å². The normalized spacial score (nSPS) is 21.1. The fourth-order valence-electron chi connectivity index (χ4n) is 4.64. The van der Waals surface area contributed by atoms with Crippen LogP contribution in [0.5, 0.6) is 0 Å². The molecule has 0 heteroatoms. The van der Waals surface area contributed by atoms with Crippen LogP contribution in [0.2, 0.25) is 0 Å². The molecule has 0 heterocycles. The van der Waals surface area contributed by atoms with Crippen molar-refractivity contribution in [3.63, 3.8) is 0 Å². The maximum atomic E-state index is 2.41. The molecule has 0 saturated heterocycles. The van der Waals surface area contributed by atoms with E-state index < -0.39 is 0 Å². The standard InChI is InChI=1S/C22H34/c1-3-8-19(9-4-1)12-7-13-20-14-16-22(17-15-20)18-21-10-5-2-6-11-21/h14-17,19,21H,1-13,18H2. The molecule has 22 heavy (non-hydrogen) atoms. The third-order valence-corrected chi connectivity index (χ3v) is 6.07. The van der Waals surface area contributed by atoms with E-state index in [0.717, 1.165) is 11.8 Å². The summed E-state index contributed by atoms with van der Waals surface area (Å²) in [6.07, 6.45) is 20.2. The average Bonchev–Trinajstić information content (AvgIpc) is 2.58. The topological polar surface area (TPSA) is 0 Å². The van der Waals surface area contributed by atoms with Crippen molar-refractivity contribution in [3.05, 3.63) is 35.4 Å². The van der Waals surface area contributed by atoms with Gasteiger partial charge in [-0.15, -0.1) is 0 Å². The Kier molecular flexibility index (Phi) is 6.40. The first-order valence-corrected chi connectivity index (χ1v) is 9.98. The predicted molar refractivity (Wildman–Crippen MR) is 96.2 cm³/mol. The van der Waals surface area contributed by atoms with Crippen molar-refractivity contribution in [3.8, 4) is 0 Å². The molecular formula is C22H34. The van der Waals surface area contributed by atoms with Gasteiger partial charge in [0.25, 0.3) is 0 Å². The highest BCUT2D eigenvalue weighted by Crippen LogP contribution is 2.28. The van der Waals surface area contributed by atoms with E-state index in [0.29, 0.717) is 0 Å². The summed E-state index contributed by atoms with van der Waals surface area (Å²) in [6, 6.07) is 9.62. The van der Waals surface area contributed by atoms with Crippen LogP contribution in [0, 0.1) is 11.8 Å². The molecule has 0 N–H and O–H groups in total. The van der Waals surface area contributed by atoms with Crippen molar-refractivity contribution in [1.29, 1.82) is 0 Å². The summed E-state index contributed by atoms with van der Waals surface area (Å²) < 4.78 is 0. The van der Waals surface area contributed by atoms with Crippen LogP contribution in [-0.4, -0.2) is 0 Å². The van der Waals surface area contributed by atoms with Gasteiger partial charge in [-0.2, -0.15) is 0 Å². The SMILES string of the molecule is c1cc(CC2CCCCC2)ccc1CCCC1CCCCC1. The molecular weight excluding hydrogens is 264 g/mol. The van der Waals surface area contributed by atoms with Crippen molar-refractivity contribution in [1.82, 2.24) is 0 Å². The molecule has 0 spiro atoms. The number of hydrogen-bond donors (Lipinski definition) is 0. The molecule has 2 aliphatic carbocycles. The Labute approximate surface area is 137 Å². The Morgan fingerprint density at radius 1 is 0.636 bits per heavy atom. The highest BCUT2D eigenvalue weighted by molar-refractivity contribution is 5.23. The van der Waals surface area contributed by atoms with Crippen molar-refractivity contribution >= 4 is 0 Å². The summed E-state index contributed by atoms with van der Waals surface area (Å²) in [5.41, 5.74) is 3.13. The van der Waals surface area contributed by atoms with Crippen LogP contribution in [0.25, 0.3) is 0 Å². The van der Waals surface area contributed by atoms with Gasteiger partial charge in [-0.1, -0.05) is 94.9 Å². The molecule has 2 saturated carbocycles. The van der Waals surface area contributed by atoms with Crippen LogP contribution in [-0.2, 0) is 12.8 Å². The summed E-state index contributed by atoms with van der Waals surface area (Å²) >= 11 is 0. The van der Waals surface area contributed by atoms with Gasteiger partial charge in [-0.3, -0.25) is 0 Å². The Hall–Kier alpha value is -0.780. The lowest BCUT2D eigenvalue weighted by Gasteiger charge is -2.22. The molecule has 1 aromatic rings. The Bertz CT molecular complexity index is 404. The first kappa shape index (κ1) is 16.1. The van der Waals surface area contributed by atoms with Crippen molar-refractivity contribution in [2.45, 2.75) is 89.9 Å². The monoisotopic (exact) mass is 298 g/mol. The van der Waals surface area contributed by atoms with Gasteiger partial charge in [0.1, 0.15) is 0 Å². The summed E-state index contributed by atoms with van der Waals surface area (Å²) in [5, 5.41) is 0. The Balaban J connectivity index is 1.39. The number of aryl methyl sites for hydroxylation is 1. The lowest BCUT2D eigenvalue weighted by molar-refractivity contribution is 0.332. The van der Waals surface area contributed by atoms with E-state index >= 15 is 0 Å². The second kappa shape index (κ2) is 8.75. The van der Waals surface area contributed by atoms with E-state index in [2.05, 4.69) is 24.3 Å². The second-order valence-corrected chi connectivity index (χ2v) is 7.92. The molecule has 0 bridgehead atoms. The van der Waals surface area contributed by atoms with Crippen LogP contribution in [0.15, 0.2) is 24.3 Å². The van der Waals surface area contributed by atoms with Gasteiger partial charge in [0, 0.05) is 0 Å². The molecule has 122 valence electrons. The number of benzene rings is 1. The van der Waals surface area contributed by atoms with Gasteiger partial charge in [0.05, 0.1) is 0 Å². The number of hydrogen-bond acceptors (Lipinski definition) is 0. The van der Waals surface area contributed by atoms with Crippen molar-refractivity contribution in [2.24, 2.45) is 11.8 Å². The van der Waals surface area contributed by atoms with E-state index in [4.69, 9.17) is 0 Å². The predicted octanol–water partition coefficient (Wildman–Crippen LogP) is 6.71.